The Bertz CT molecular complexity index is 1430. The number of nitrogen functional groups attached to an aromatic ring is 1. The molecule has 0 fully saturated rings. The fourth-order valence-electron chi connectivity index (χ4n) is 3.95. The van der Waals surface area contributed by atoms with Crippen molar-refractivity contribution in [1.29, 1.82) is 10.5 Å². The molecule has 1 heterocycles. The van der Waals surface area contributed by atoms with Crippen molar-refractivity contribution < 1.29 is 19.0 Å². The standard InChI is InChI=1S/C28H29N5O4S/c1-7-23(27(34)32-20-10-8-9-15(2)16(20)3)38-28-19(14-30)24(18(13-29)26(31)33-28)17-11-21(35-4)25(37-6)22(12-17)36-5/h8-12,23H,7H2,1-6H3,(H2,31,33)(H,32,34). The minimum absolute atomic E-state index is 0.0352. The van der Waals surface area contributed by atoms with E-state index in [1.807, 2.05) is 39.0 Å². The number of ether oxygens (including phenoxy) is 3. The van der Waals surface area contributed by atoms with Gasteiger partial charge >= 0.3 is 0 Å². The van der Waals surface area contributed by atoms with Crippen LogP contribution in [0.5, 0.6) is 17.2 Å². The van der Waals surface area contributed by atoms with Gasteiger partial charge < -0.3 is 25.3 Å². The minimum Gasteiger partial charge on any atom is -0.493 e. The smallest absolute Gasteiger partial charge is 0.237 e. The van der Waals surface area contributed by atoms with Crippen LogP contribution in [0.15, 0.2) is 35.4 Å². The van der Waals surface area contributed by atoms with Crippen LogP contribution >= 0.6 is 11.8 Å². The van der Waals surface area contributed by atoms with Gasteiger partial charge in [-0.15, -0.1) is 0 Å². The molecule has 1 unspecified atom stereocenters. The van der Waals surface area contributed by atoms with E-state index in [0.717, 1.165) is 28.6 Å². The van der Waals surface area contributed by atoms with Gasteiger partial charge in [-0.2, -0.15) is 10.5 Å². The molecule has 0 aliphatic carbocycles. The van der Waals surface area contributed by atoms with Gasteiger partial charge in [0.15, 0.2) is 11.5 Å². The number of amides is 1. The number of nitrogens with zero attached hydrogens (tertiary/aromatic N) is 3. The van der Waals surface area contributed by atoms with E-state index in [1.54, 1.807) is 12.1 Å². The van der Waals surface area contributed by atoms with Crippen LogP contribution in [0.1, 0.15) is 35.6 Å². The third-order valence-corrected chi connectivity index (χ3v) is 7.50. The Hall–Kier alpha value is -4.41. The van der Waals surface area contributed by atoms with E-state index < -0.39 is 5.25 Å². The van der Waals surface area contributed by atoms with Crippen LogP contribution in [0.3, 0.4) is 0 Å². The lowest BCUT2D eigenvalue weighted by Gasteiger charge is -2.19. The van der Waals surface area contributed by atoms with E-state index in [9.17, 15) is 15.3 Å². The zero-order valence-electron chi connectivity index (χ0n) is 22.1. The summed E-state index contributed by atoms with van der Waals surface area (Å²) in [6.45, 7) is 5.79. The third kappa shape index (κ3) is 5.46. The third-order valence-electron chi connectivity index (χ3n) is 6.15. The number of aryl methyl sites for hydroxylation is 1. The average molecular weight is 532 g/mol. The normalized spacial score (nSPS) is 11.2. The van der Waals surface area contributed by atoms with Gasteiger partial charge in [0.1, 0.15) is 28.5 Å². The molecule has 3 N–H and O–H groups in total. The highest BCUT2D eigenvalue weighted by molar-refractivity contribution is 8.00. The number of methoxy groups -OCH3 is 3. The van der Waals surface area contributed by atoms with Crippen LogP contribution in [0.2, 0.25) is 0 Å². The number of rotatable bonds is 9. The lowest BCUT2D eigenvalue weighted by Crippen LogP contribution is -2.25. The second-order valence-electron chi connectivity index (χ2n) is 8.32. The molecule has 1 aromatic heterocycles. The molecule has 0 radical (unpaired) electrons. The van der Waals surface area contributed by atoms with E-state index in [1.165, 1.54) is 21.3 Å². The zero-order valence-corrected chi connectivity index (χ0v) is 22.9. The van der Waals surface area contributed by atoms with Crippen LogP contribution in [-0.4, -0.2) is 37.5 Å². The van der Waals surface area contributed by atoms with Gasteiger partial charge in [-0.05, 0) is 55.2 Å². The van der Waals surface area contributed by atoms with Crippen molar-refractivity contribution >= 4 is 29.2 Å². The van der Waals surface area contributed by atoms with E-state index in [2.05, 4.69) is 22.4 Å². The number of carbonyl (C=O) groups excluding carboxylic acids is 1. The maximum Gasteiger partial charge on any atom is 0.237 e. The number of nitriles is 2. The average Bonchev–Trinajstić information content (AvgIpc) is 2.92. The quantitative estimate of drug-likeness (QED) is 0.355. The number of anilines is 2. The molecular formula is C28H29N5O4S. The highest BCUT2D eigenvalue weighted by atomic mass is 32.2. The van der Waals surface area contributed by atoms with Crippen LogP contribution in [0.4, 0.5) is 11.5 Å². The molecule has 1 atom stereocenters. The van der Waals surface area contributed by atoms with Crippen molar-refractivity contribution in [3.63, 3.8) is 0 Å². The fraction of sp³-hybridized carbons (Fsp3) is 0.286. The maximum absolute atomic E-state index is 13.2. The molecule has 0 aliphatic rings. The van der Waals surface area contributed by atoms with Crippen molar-refractivity contribution in [2.75, 3.05) is 32.4 Å². The minimum atomic E-state index is -0.574. The van der Waals surface area contributed by atoms with Gasteiger partial charge in [0.25, 0.3) is 0 Å². The van der Waals surface area contributed by atoms with Crippen LogP contribution in [-0.2, 0) is 4.79 Å². The van der Waals surface area contributed by atoms with E-state index >= 15 is 0 Å². The van der Waals surface area contributed by atoms with Gasteiger partial charge in [-0.3, -0.25) is 4.79 Å². The number of hydrogen-bond donors (Lipinski definition) is 2. The summed E-state index contributed by atoms with van der Waals surface area (Å²) in [5.74, 6) is 0.773. The summed E-state index contributed by atoms with van der Waals surface area (Å²) in [7, 11) is 4.43. The Morgan fingerprint density at radius 3 is 2.24 bits per heavy atom. The van der Waals surface area contributed by atoms with Gasteiger partial charge in [-0.1, -0.05) is 30.8 Å². The summed E-state index contributed by atoms with van der Waals surface area (Å²) in [5, 5.41) is 22.8. The van der Waals surface area contributed by atoms with Gasteiger partial charge in [-0.25, -0.2) is 4.98 Å². The predicted molar refractivity (Wildman–Crippen MR) is 148 cm³/mol. The molecule has 0 aliphatic heterocycles. The summed E-state index contributed by atoms with van der Waals surface area (Å²) in [4.78, 5) is 17.6. The first-order valence-electron chi connectivity index (χ1n) is 11.7. The molecule has 0 saturated heterocycles. The molecule has 0 bridgehead atoms. The summed E-state index contributed by atoms with van der Waals surface area (Å²) in [5.41, 5.74) is 9.84. The van der Waals surface area contributed by atoms with Crippen LogP contribution in [0, 0.1) is 36.5 Å². The summed E-state index contributed by atoms with van der Waals surface area (Å²) >= 11 is 1.12. The first kappa shape index (κ1) is 28.2. The number of nitrogens with one attached hydrogen (secondary N) is 1. The summed E-state index contributed by atoms with van der Waals surface area (Å²) in [6, 6.07) is 13.2. The Morgan fingerprint density at radius 2 is 1.71 bits per heavy atom. The molecule has 10 heteroatoms. The molecule has 38 heavy (non-hydrogen) atoms. The second-order valence-corrected chi connectivity index (χ2v) is 9.51. The fourth-order valence-corrected chi connectivity index (χ4v) is 4.97. The van der Waals surface area contributed by atoms with E-state index in [0.29, 0.717) is 29.2 Å². The van der Waals surface area contributed by atoms with Crippen molar-refractivity contribution in [3.8, 4) is 40.5 Å². The molecule has 0 saturated carbocycles. The van der Waals surface area contributed by atoms with Crippen LogP contribution < -0.4 is 25.3 Å². The lowest BCUT2D eigenvalue weighted by atomic mass is 9.96. The summed E-state index contributed by atoms with van der Waals surface area (Å²) < 4.78 is 16.3. The molecule has 0 spiro atoms. The Morgan fingerprint density at radius 1 is 1.08 bits per heavy atom. The first-order valence-corrected chi connectivity index (χ1v) is 12.6. The lowest BCUT2D eigenvalue weighted by molar-refractivity contribution is -0.115. The maximum atomic E-state index is 13.2. The van der Waals surface area contributed by atoms with E-state index in [4.69, 9.17) is 19.9 Å². The number of benzene rings is 2. The highest BCUT2D eigenvalue weighted by Gasteiger charge is 2.27. The van der Waals surface area contributed by atoms with Crippen molar-refractivity contribution in [3.05, 3.63) is 52.6 Å². The number of hydrogen-bond acceptors (Lipinski definition) is 9. The first-order chi connectivity index (χ1) is 18.2. The highest BCUT2D eigenvalue weighted by Crippen LogP contribution is 2.44. The number of aromatic nitrogens is 1. The SMILES string of the molecule is CCC(Sc1nc(N)c(C#N)c(-c2cc(OC)c(OC)c(OC)c2)c1C#N)C(=O)Nc1cccc(C)c1C. The second kappa shape index (κ2) is 12.2. The molecule has 3 rings (SSSR count). The van der Waals surface area contributed by atoms with Crippen LogP contribution in [0.25, 0.3) is 11.1 Å². The zero-order chi connectivity index (χ0) is 28.0. The molecular weight excluding hydrogens is 502 g/mol. The summed E-state index contributed by atoms with van der Waals surface area (Å²) in [6.07, 6.45) is 0.466. The molecule has 196 valence electrons. The Kier molecular flexibility index (Phi) is 9.06. The molecule has 2 aromatic carbocycles. The number of pyridine rings is 1. The Labute approximate surface area is 226 Å². The van der Waals surface area contributed by atoms with Crippen molar-refractivity contribution in [2.24, 2.45) is 0 Å². The molecule has 1 amide bonds. The van der Waals surface area contributed by atoms with Crippen molar-refractivity contribution in [2.45, 2.75) is 37.5 Å². The molecule has 9 nitrogen and oxygen atoms in total. The largest absolute Gasteiger partial charge is 0.493 e. The van der Waals surface area contributed by atoms with E-state index in [-0.39, 0.29) is 33.4 Å². The molecule has 3 aromatic rings. The van der Waals surface area contributed by atoms with Gasteiger partial charge in [0.2, 0.25) is 11.7 Å². The van der Waals surface area contributed by atoms with Gasteiger partial charge in [0, 0.05) is 11.3 Å². The van der Waals surface area contributed by atoms with Gasteiger partial charge in [0.05, 0.1) is 32.1 Å². The van der Waals surface area contributed by atoms with Crippen molar-refractivity contribution in [1.82, 2.24) is 4.98 Å². The monoisotopic (exact) mass is 531 g/mol. The topological polar surface area (TPSA) is 143 Å². The number of carbonyl (C=O) groups is 1. The Balaban J connectivity index is 2.13. The number of nitrogens with two attached hydrogens (primary N) is 1. The predicted octanol–water partition coefficient (Wildman–Crippen LogP) is 5.23. The number of thioether (sulfide) groups is 1.